The summed E-state index contributed by atoms with van der Waals surface area (Å²) >= 11 is 0. The molecule has 0 saturated heterocycles. The minimum Gasteiger partial charge on any atom is -0.481 e. The second-order valence-corrected chi connectivity index (χ2v) is 3.49. The minimum atomic E-state index is -2.19. The van der Waals surface area contributed by atoms with Gasteiger partial charge in [-0.25, -0.2) is 0 Å². The van der Waals surface area contributed by atoms with Crippen molar-refractivity contribution in [3.8, 4) is 0 Å². The van der Waals surface area contributed by atoms with Gasteiger partial charge in [0.2, 0.25) is 0 Å². The molecule has 0 aliphatic carbocycles. The van der Waals surface area contributed by atoms with Gasteiger partial charge in [-0.1, -0.05) is 0 Å². The Morgan fingerprint density at radius 2 is 1.59 bits per heavy atom. The topological polar surface area (TPSA) is 141 Å². The lowest BCUT2D eigenvalue weighted by Crippen LogP contribution is -2.48. The smallest absolute Gasteiger partial charge is 0.315 e. The van der Waals surface area contributed by atoms with E-state index < -0.39 is 48.9 Å². The third-order valence-electron chi connectivity index (χ3n) is 2.34. The number of hydrogen-bond donors (Lipinski definition) is 4. The fraction of sp³-hybridized carbons (Fsp3) is 0.667. The number of rotatable bonds is 7. The molecule has 0 heterocycles. The van der Waals surface area contributed by atoms with Crippen LogP contribution in [0.1, 0.15) is 12.8 Å². The SMILES string of the molecule is COC(=O)C(CC(=O)O)(CC(=O)O)C(O)CO. The van der Waals surface area contributed by atoms with Crippen LogP contribution in [0.25, 0.3) is 0 Å². The van der Waals surface area contributed by atoms with Gasteiger partial charge >= 0.3 is 17.9 Å². The number of carboxylic acids is 2. The number of hydrogen-bond acceptors (Lipinski definition) is 6. The number of carboxylic acid groups (broad SMARTS) is 2. The highest BCUT2D eigenvalue weighted by molar-refractivity contribution is 5.87. The van der Waals surface area contributed by atoms with Gasteiger partial charge < -0.3 is 25.2 Å². The first-order chi connectivity index (χ1) is 7.80. The molecule has 17 heavy (non-hydrogen) atoms. The van der Waals surface area contributed by atoms with Crippen molar-refractivity contribution in [3.63, 3.8) is 0 Å². The molecule has 4 N–H and O–H groups in total. The second-order valence-electron chi connectivity index (χ2n) is 3.49. The fourth-order valence-corrected chi connectivity index (χ4v) is 1.50. The van der Waals surface area contributed by atoms with Gasteiger partial charge in [-0.05, 0) is 0 Å². The summed E-state index contributed by atoms with van der Waals surface area (Å²) in [6.45, 7) is -0.949. The van der Waals surface area contributed by atoms with E-state index in [1.807, 2.05) is 0 Å². The van der Waals surface area contributed by atoms with Crippen molar-refractivity contribution < 1.29 is 39.5 Å². The monoisotopic (exact) mass is 250 g/mol. The maximum atomic E-state index is 11.5. The maximum absolute atomic E-state index is 11.5. The minimum absolute atomic E-state index is 0.935. The average molecular weight is 250 g/mol. The fourth-order valence-electron chi connectivity index (χ4n) is 1.50. The predicted octanol–water partition coefficient (Wildman–Crippen LogP) is -1.55. The van der Waals surface area contributed by atoms with Crippen LogP contribution in [0.4, 0.5) is 0 Å². The molecule has 0 radical (unpaired) electrons. The Hall–Kier alpha value is -1.67. The average Bonchev–Trinajstić information content (AvgIpc) is 2.24. The maximum Gasteiger partial charge on any atom is 0.315 e. The molecule has 98 valence electrons. The molecular formula is C9H14O8. The lowest BCUT2D eigenvalue weighted by molar-refractivity contribution is -0.173. The Kier molecular flexibility index (Phi) is 5.56. The van der Waals surface area contributed by atoms with Crippen LogP contribution >= 0.6 is 0 Å². The van der Waals surface area contributed by atoms with Crippen LogP contribution in [-0.4, -0.2) is 58.2 Å². The molecule has 0 aromatic carbocycles. The van der Waals surface area contributed by atoms with E-state index in [0.29, 0.717) is 0 Å². The van der Waals surface area contributed by atoms with Gasteiger partial charge in [0, 0.05) is 0 Å². The zero-order chi connectivity index (χ0) is 13.6. The summed E-state index contributed by atoms with van der Waals surface area (Å²) < 4.78 is 4.30. The zero-order valence-corrected chi connectivity index (χ0v) is 9.12. The van der Waals surface area contributed by atoms with Crippen molar-refractivity contribution >= 4 is 17.9 Å². The number of esters is 1. The second kappa shape index (κ2) is 6.16. The molecular weight excluding hydrogens is 236 g/mol. The summed E-state index contributed by atoms with van der Waals surface area (Å²) in [5.41, 5.74) is -2.19. The summed E-state index contributed by atoms with van der Waals surface area (Å²) in [5, 5.41) is 35.6. The highest BCUT2D eigenvalue weighted by atomic mass is 16.5. The quantitative estimate of drug-likeness (QED) is 0.398. The van der Waals surface area contributed by atoms with Crippen molar-refractivity contribution in [2.45, 2.75) is 18.9 Å². The molecule has 0 amide bonds. The molecule has 0 saturated carbocycles. The Balaban J connectivity index is 5.41. The highest BCUT2D eigenvalue weighted by Gasteiger charge is 2.49. The first-order valence-corrected chi connectivity index (χ1v) is 4.61. The lowest BCUT2D eigenvalue weighted by atomic mass is 9.76. The normalized spacial score (nSPS) is 12.9. The number of aliphatic carboxylic acids is 2. The van der Waals surface area contributed by atoms with Crippen molar-refractivity contribution in [2.24, 2.45) is 5.41 Å². The van der Waals surface area contributed by atoms with Gasteiger partial charge in [0.15, 0.2) is 0 Å². The number of carbonyl (C=O) groups excluding carboxylic acids is 1. The van der Waals surface area contributed by atoms with Gasteiger partial charge in [0.25, 0.3) is 0 Å². The number of ether oxygens (including phenoxy) is 1. The molecule has 0 aliphatic rings. The van der Waals surface area contributed by atoms with Crippen molar-refractivity contribution in [2.75, 3.05) is 13.7 Å². The molecule has 0 aromatic rings. The molecule has 0 fully saturated rings. The Morgan fingerprint density at radius 1 is 1.18 bits per heavy atom. The van der Waals surface area contributed by atoms with E-state index in [9.17, 15) is 19.5 Å². The lowest BCUT2D eigenvalue weighted by Gasteiger charge is -2.31. The van der Waals surface area contributed by atoms with E-state index in [-0.39, 0.29) is 0 Å². The molecule has 0 bridgehead atoms. The van der Waals surface area contributed by atoms with Crippen LogP contribution in [0, 0.1) is 5.41 Å². The predicted molar refractivity (Wildman–Crippen MR) is 52.0 cm³/mol. The largest absolute Gasteiger partial charge is 0.481 e. The van der Waals surface area contributed by atoms with Crippen LogP contribution < -0.4 is 0 Å². The van der Waals surface area contributed by atoms with E-state index in [2.05, 4.69) is 4.74 Å². The molecule has 0 aromatic heterocycles. The Morgan fingerprint density at radius 3 is 1.82 bits per heavy atom. The molecule has 8 nitrogen and oxygen atoms in total. The number of aliphatic hydroxyl groups excluding tert-OH is 2. The van der Waals surface area contributed by atoms with Gasteiger partial charge in [0.05, 0.1) is 32.7 Å². The van der Waals surface area contributed by atoms with Crippen LogP contribution in [0.2, 0.25) is 0 Å². The van der Waals surface area contributed by atoms with E-state index >= 15 is 0 Å². The Labute approximate surface area is 96.4 Å². The summed E-state index contributed by atoms with van der Waals surface area (Å²) in [4.78, 5) is 32.8. The van der Waals surface area contributed by atoms with E-state index in [1.165, 1.54) is 0 Å². The van der Waals surface area contributed by atoms with Gasteiger partial charge in [-0.2, -0.15) is 0 Å². The molecule has 1 unspecified atom stereocenters. The third kappa shape index (κ3) is 3.68. The van der Waals surface area contributed by atoms with E-state index in [1.54, 1.807) is 0 Å². The van der Waals surface area contributed by atoms with Crippen molar-refractivity contribution in [1.82, 2.24) is 0 Å². The van der Waals surface area contributed by atoms with Gasteiger partial charge in [-0.15, -0.1) is 0 Å². The summed E-state index contributed by atoms with van der Waals surface area (Å²) in [7, 11) is 0.935. The molecule has 0 aliphatic heterocycles. The summed E-state index contributed by atoms with van der Waals surface area (Å²) in [5.74, 6) is -4.16. The van der Waals surface area contributed by atoms with Gasteiger partial charge in [-0.3, -0.25) is 14.4 Å². The zero-order valence-electron chi connectivity index (χ0n) is 9.12. The van der Waals surface area contributed by atoms with Gasteiger partial charge in [0.1, 0.15) is 5.41 Å². The van der Waals surface area contributed by atoms with Crippen LogP contribution in [0.5, 0.6) is 0 Å². The van der Waals surface area contributed by atoms with Crippen LogP contribution in [0.15, 0.2) is 0 Å². The number of carbonyl (C=O) groups is 3. The molecule has 8 heteroatoms. The summed E-state index contributed by atoms with van der Waals surface area (Å²) in [6, 6.07) is 0. The first kappa shape index (κ1) is 15.3. The van der Waals surface area contributed by atoms with Crippen molar-refractivity contribution in [3.05, 3.63) is 0 Å². The molecule has 0 spiro atoms. The van der Waals surface area contributed by atoms with E-state index in [0.717, 1.165) is 7.11 Å². The van der Waals surface area contributed by atoms with E-state index in [4.69, 9.17) is 15.3 Å². The summed E-state index contributed by atoms with van der Waals surface area (Å²) in [6.07, 6.45) is -3.73. The highest BCUT2D eigenvalue weighted by Crippen LogP contribution is 2.33. The standard InChI is InChI=1S/C9H14O8/c1-17-8(16)9(2-6(12)13,3-7(14)15)5(11)4-10/h5,10-11H,2-4H2,1H3,(H,12,13)(H,14,15). The Bertz CT molecular complexity index is 294. The van der Waals surface area contributed by atoms with Crippen LogP contribution in [0.3, 0.4) is 0 Å². The molecule has 0 rings (SSSR count). The van der Waals surface area contributed by atoms with Crippen molar-refractivity contribution in [1.29, 1.82) is 0 Å². The molecule has 1 atom stereocenters. The first-order valence-electron chi connectivity index (χ1n) is 4.61. The number of methoxy groups -OCH3 is 1. The third-order valence-corrected chi connectivity index (χ3v) is 2.34. The number of aliphatic hydroxyl groups is 2. The van der Waals surface area contributed by atoms with Crippen LogP contribution in [-0.2, 0) is 19.1 Å².